The Morgan fingerprint density at radius 3 is 2.62 bits per heavy atom. The standard InChI is InChI=1S/C25H24FN7O4/c26-19-13-17(21-14-18(37-30-21)15-28-23-6-12-36-31-23)4-5-22(19)32-8-10-33(11-9-32)24(34)16-29-25(35)20-3-1-2-7-27-20/h1-7,12-14H,8-11,15-16H2,(H,28,31)(H,29,35). The molecule has 0 aliphatic carbocycles. The van der Waals surface area contributed by atoms with E-state index in [-0.39, 0.29) is 24.0 Å². The van der Waals surface area contributed by atoms with Crippen molar-refractivity contribution in [3.05, 3.63) is 78.3 Å². The van der Waals surface area contributed by atoms with E-state index >= 15 is 4.39 Å². The number of nitrogens with one attached hydrogen (secondary N) is 2. The maximum Gasteiger partial charge on any atom is 0.270 e. The number of hydrogen-bond donors (Lipinski definition) is 2. The summed E-state index contributed by atoms with van der Waals surface area (Å²) < 4.78 is 25.1. The molecule has 0 saturated carbocycles. The number of anilines is 2. The first-order chi connectivity index (χ1) is 18.1. The van der Waals surface area contributed by atoms with Crippen molar-refractivity contribution in [3.63, 3.8) is 0 Å². The van der Waals surface area contributed by atoms with Crippen LogP contribution in [0, 0.1) is 5.82 Å². The summed E-state index contributed by atoms with van der Waals surface area (Å²) in [6.45, 7) is 2.02. The van der Waals surface area contributed by atoms with Gasteiger partial charge in [-0.1, -0.05) is 22.4 Å². The van der Waals surface area contributed by atoms with Crippen LogP contribution in [0.5, 0.6) is 0 Å². The molecule has 2 amide bonds. The molecule has 37 heavy (non-hydrogen) atoms. The molecule has 11 nitrogen and oxygen atoms in total. The summed E-state index contributed by atoms with van der Waals surface area (Å²) in [5.41, 5.74) is 1.82. The highest BCUT2D eigenvalue weighted by atomic mass is 19.1. The van der Waals surface area contributed by atoms with E-state index in [4.69, 9.17) is 9.05 Å². The number of rotatable bonds is 8. The molecular weight excluding hydrogens is 481 g/mol. The van der Waals surface area contributed by atoms with Gasteiger partial charge in [-0.05, 0) is 24.3 Å². The van der Waals surface area contributed by atoms with Crippen molar-refractivity contribution in [2.24, 2.45) is 0 Å². The highest BCUT2D eigenvalue weighted by Gasteiger charge is 2.23. The monoisotopic (exact) mass is 505 g/mol. The van der Waals surface area contributed by atoms with Gasteiger partial charge in [-0.2, -0.15) is 0 Å². The van der Waals surface area contributed by atoms with Gasteiger partial charge in [-0.3, -0.25) is 14.6 Å². The van der Waals surface area contributed by atoms with E-state index in [0.29, 0.717) is 61.2 Å². The predicted octanol–water partition coefficient (Wildman–Crippen LogP) is 2.55. The molecule has 4 heterocycles. The van der Waals surface area contributed by atoms with Crippen molar-refractivity contribution in [3.8, 4) is 11.3 Å². The van der Waals surface area contributed by atoms with Crippen molar-refractivity contribution < 1.29 is 23.0 Å². The lowest BCUT2D eigenvalue weighted by Crippen LogP contribution is -2.51. The minimum atomic E-state index is -0.403. The first-order valence-corrected chi connectivity index (χ1v) is 11.7. The molecular formula is C25H24FN7O4. The maximum absolute atomic E-state index is 15.0. The molecule has 2 N–H and O–H groups in total. The van der Waals surface area contributed by atoms with E-state index in [1.54, 1.807) is 47.4 Å². The molecule has 0 atom stereocenters. The average Bonchev–Trinajstić information content (AvgIpc) is 3.63. The van der Waals surface area contributed by atoms with Gasteiger partial charge in [0.15, 0.2) is 11.6 Å². The van der Waals surface area contributed by atoms with E-state index in [0.717, 1.165) is 0 Å². The maximum atomic E-state index is 15.0. The van der Waals surface area contributed by atoms with Crippen LogP contribution in [0.3, 0.4) is 0 Å². The summed E-state index contributed by atoms with van der Waals surface area (Å²) >= 11 is 0. The van der Waals surface area contributed by atoms with E-state index in [1.165, 1.54) is 18.5 Å². The van der Waals surface area contributed by atoms with Crippen LogP contribution in [0.15, 0.2) is 70.0 Å². The minimum Gasteiger partial charge on any atom is -0.366 e. The molecule has 5 rings (SSSR count). The quantitative estimate of drug-likeness (QED) is 0.371. The predicted molar refractivity (Wildman–Crippen MR) is 131 cm³/mol. The molecule has 190 valence electrons. The third-order valence-corrected chi connectivity index (χ3v) is 5.95. The fourth-order valence-corrected chi connectivity index (χ4v) is 3.99. The Labute approximate surface area is 211 Å². The zero-order valence-corrected chi connectivity index (χ0v) is 19.8. The minimum absolute atomic E-state index is 0.119. The Bertz CT molecular complexity index is 1350. The number of piperazine rings is 1. The molecule has 0 unspecified atom stereocenters. The van der Waals surface area contributed by atoms with Gasteiger partial charge in [0.05, 0.1) is 18.8 Å². The van der Waals surface area contributed by atoms with Crippen LogP contribution in [-0.2, 0) is 11.3 Å². The second kappa shape index (κ2) is 10.9. The number of carbonyl (C=O) groups is 2. The van der Waals surface area contributed by atoms with Crippen LogP contribution in [0.4, 0.5) is 15.9 Å². The molecule has 0 radical (unpaired) electrons. The van der Waals surface area contributed by atoms with Crippen molar-refractivity contribution in [2.75, 3.05) is 42.9 Å². The molecule has 3 aromatic heterocycles. The van der Waals surface area contributed by atoms with E-state index < -0.39 is 5.91 Å². The van der Waals surface area contributed by atoms with Gasteiger partial charge < -0.3 is 29.5 Å². The Hall–Kier alpha value is -4.74. The number of amides is 2. The van der Waals surface area contributed by atoms with Crippen molar-refractivity contribution in [1.29, 1.82) is 0 Å². The topological polar surface area (TPSA) is 130 Å². The molecule has 1 saturated heterocycles. The second-order valence-corrected chi connectivity index (χ2v) is 8.35. The van der Waals surface area contributed by atoms with Gasteiger partial charge in [-0.15, -0.1) is 0 Å². The third kappa shape index (κ3) is 5.74. The third-order valence-electron chi connectivity index (χ3n) is 5.95. The Kier molecular flexibility index (Phi) is 7.06. The lowest BCUT2D eigenvalue weighted by molar-refractivity contribution is -0.130. The highest BCUT2D eigenvalue weighted by molar-refractivity contribution is 5.94. The SMILES string of the molecule is O=C(NCC(=O)N1CCN(c2ccc(-c3cc(CNc4ccon4)on3)cc2F)CC1)c1ccccn1. The normalized spacial score (nSPS) is 13.4. The summed E-state index contributed by atoms with van der Waals surface area (Å²) in [5.74, 6) is 0.161. The number of aromatic nitrogens is 3. The molecule has 0 spiro atoms. The molecule has 1 fully saturated rings. The van der Waals surface area contributed by atoms with Crippen molar-refractivity contribution in [2.45, 2.75) is 6.54 Å². The van der Waals surface area contributed by atoms with Crippen molar-refractivity contribution in [1.82, 2.24) is 25.5 Å². The van der Waals surface area contributed by atoms with Gasteiger partial charge in [0.2, 0.25) is 5.91 Å². The van der Waals surface area contributed by atoms with Gasteiger partial charge in [-0.25, -0.2) is 4.39 Å². The summed E-state index contributed by atoms with van der Waals surface area (Å²) in [7, 11) is 0. The summed E-state index contributed by atoms with van der Waals surface area (Å²) in [5, 5.41) is 13.4. The molecule has 1 aliphatic rings. The molecule has 12 heteroatoms. The smallest absolute Gasteiger partial charge is 0.270 e. The highest BCUT2D eigenvalue weighted by Crippen LogP contribution is 2.27. The first kappa shape index (κ1) is 24.0. The van der Waals surface area contributed by atoms with Crippen LogP contribution in [-0.4, -0.2) is 64.7 Å². The van der Waals surface area contributed by atoms with Gasteiger partial charge in [0.1, 0.15) is 23.5 Å². The zero-order valence-electron chi connectivity index (χ0n) is 19.8. The molecule has 1 aromatic carbocycles. The summed E-state index contributed by atoms with van der Waals surface area (Å²) in [4.78, 5) is 32.2. The molecule has 4 aromatic rings. The van der Waals surface area contributed by atoms with Crippen LogP contribution in [0.1, 0.15) is 16.2 Å². The number of nitrogens with zero attached hydrogens (tertiary/aromatic N) is 5. The van der Waals surface area contributed by atoms with Crippen LogP contribution in [0.25, 0.3) is 11.3 Å². The number of benzene rings is 1. The fourth-order valence-electron chi connectivity index (χ4n) is 3.99. The van der Waals surface area contributed by atoms with E-state index in [2.05, 4.69) is 25.9 Å². The number of pyridine rings is 1. The van der Waals surface area contributed by atoms with Gasteiger partial charge in [0, 0.05) is 50.1 Å². The largest absolute Gasteiger partial charge is 0.366 e. The Balaban J connectivity index is 1.13. The van der Waals surface area contributed by atoms with Gasteiger partial charge in [0.25, 0.3) is 5.91 Å². The van der Waals surface area contributed by atoms with Crippen LogP contribution >= 0.6 is 0 Å². The number of hydrogen-bond acceptors (Lipinski definition) is 9. The lowest BCUT2D eigenvalue weighted by atomic mass is 10.1. The summed E-state index contributed by atoms with van der Waals surface area (Å²) in [6, 6.07) is 13.3. The van der Waals surface area contributed by atoms with Crippen LogP contribution in [0.2, 0.25) is 0 Å². The Morgan fingerprint density at radius 1 is 1.03 bits per heavy atom. The first-order valence-electron chi connectivity index (χ1n) is 11.7. The summed E-state index contributed by atoms with van der Waals surface area (Å²) in [6.07, 6.45) is 2.98. The second-order valence-electron chi connectivity index (χ2n) is 8.35. The lowest BCUT2D eigenvalue weighted by Gasteiger charge is -2.36. The van der Waals surface area contributed by atoms with E-state index in [9.17, 15) is 9.59 Å². The number of carbonyl (C=O) groups excluding carboxylic acids is 2. The van der Waals surface area contributed by atoms with E-state index in [1.807, 2.05) is 4.90 Å². The molecule has 1 aliphatic heterocycles. The van der Waals surface area contributed by atoms with Crippen molar-refractivity contribution >= 4 is 23.3 Å². The average molecular weight is 506 g/mol. The van der Waals surface area contributed by atoms with Crippen LogP contribution < -0.4 is 15.5 Å². The Morgan fingerprint density at radius 2 is 1.89 bits per heavy atom. The van der Waals surface area contributed by atoms with Gasteiger partial charge >= 0.3 is 0 Å². The zero-order chi connectivity index (χ0) is 25.6. The molecule has 0 bridgehead atoms. The fraction of sp³-hybridized carbons (Fsp3) is 0.240. The number of halogens is 1.